The molecule has 6 nitrogen and oxygen atoms in total. The molecule has 6 heteroatoms. The number of phenolic OH excluding ortho intramolecular Hbond substituents is 1. The SMILES string of the molecule is CCCCC[C@H](C[C@H](CCc1ccc(O)c(OC)c1)OC(C)=O)OC(C)=O. The topological polar surface area (TPSA) is 82.1 Å². The first kappa shape index (κ1) is 22.8. The average Bonchev–Trinajstić information content (AvgIpc) is 2.60. The highest BCUT2D eigenvalue weighted by Crippen LogP contribution is 2.27. The van der Waals surface area contributed by atoms with E-state index in [4.69, 9.17) is 14.2 Å². The molecule has 152 valence electrons. The van der Waals surface area contributed by atoms with E-state index in [1.54, 1.807) is 12.1 Å². The van der Waals surface area contributed by atoms with Crippen molar-refractivity contribution in [3.8, 4) is 11.5 Å². The Morgan fingerprint density at radius 2 is 1.67 bits per heavy atom. The minimum atomic E-state index is -0.349. The molecule has 0 unspecified atom stereocenters. The summed E-state index contributed by atoms with van der Waals surface area (Å²) in [7, 11) is 1.50. The normalized spacial score (nSPS) is 12.9. The molecule has 0 bridgehead atoms. The van der Waals surface area contributed by atoms with E-state index in [2.05, 4.69) is 6.92 Å². The van der Waals surface area contributed by atoms with E-state index in [0.717, 1.165) is 31.2 Å². The Labute approximate surface area is 161 Å². The van der Waals surface area contributed by atoms with Crippen LogP contribution >= 0.6 is 0 Å². The Balaban J connectivity index is 2.74. The average molecular weight is 380 g/mol. The molecule has 0 fully saturated rings. The maximum atomic E-state index is 11.5. The quantitative estimate of drug-likeness (QED) is 0.433. The number of ether oxygens (including phenoxy) is 3. The minimum Gasteiger partial charge on any atom is -0.504 e. The molecule has 0 aliphatic carbocycles. The molecule has 0 aliphatic heterocycles. The number of methoxy groups -OCH3 is 1. The molecule has 1 aromatic rings. The van der Waals surface area contributed by atoms with E-state index >= 15 is 0 Å². The number of esters is 2. The van der Waals surface area contributed by atoms with Crippen LogP contribution in [0.5, 0.6) is 11.5 Å². The molecule has 27 heavy (non-hydrogen) atoms. The second-order valence-electron chi connectivity index (χ2n) is 6.74. The highest BCUT2D eigenvalue weighted by atomic mass is 16.6. The van der Waals surface area contributed by atoms with Crippen molar-refractivity contribution in [2.75, 3.05) is 7.11 Å². The number of hydrogen-bond donors (Lipinski definition) is 1. The molecule has 0 saturated heterocycles. The van der Waals surface area contributed by atoms with Gasteiger partial charge in [-0.05, 0) is 43.4 Å². The third kappa shape index (κ3) is 9.31. The van der Waals surface area contributed by atoms with Crippen molar-refractivity contribution >= 4 is 11.9 Å². The lowest BCUT2D eigenvalue weighted by molar-refractivity contribution is -0.153. The third-order valence-electron chi connectivity index (χ3n) is 4.32. The maximum absolute atomic E-state index is 11.5. The van der Waals surface area contributed by atoms with Gasteiger partial charge in [0.25, 0.3) is 0 Å². The number of hydrogen-bond acceptors (Lipinski definition) is 6. The Kier molecular flexibility index (Phi) is 10.3. The Bertz CT molecular complexity index is 598. The molecular formula is C21H32O6. The van der Waals surface area contributed by atoms with Gasteiger partial charge in [0.05, 0.1) is 7.11 Å². The number of carbonyl (C=O) groups is 2. The third-order valence-corrected chi connectivity index (χ3v) is 4.32. The lowest BCUT2D eigenvalue weighted by atomic mass is 9.99. The van der Waals surface area contributed by atoms with Crippen molar-refractivity contribution in [1.29, 1.82) is 0 Å². The molecule has 0 aromatic heterocycles. The lowest BCUT2D eigenvalue weighted by Crippen LogP contribution is -2.27. The van der Waals surface area contributed by atoms with Crippen LogP contribution in [0.3, 0.4) is 0 Å². The first-order valence-electron chi connectivity index (χ1n) is 9.56. The number of phenols is 1. The summed E-state index contributed by atoms with van der Waals surface area (Å²) in [5.74, 6) is -0.169. The molecule has 0 heterocycles. The Morgan fingerprint density at radius 3 is 2.22 bits per heavy atom. The van der Waals surface area contributed by atoms with E-state index in [-0.39, 0.29) is 29.9 Å². The Hall–Kier alpha value is -2.24. The van der Waals surface area contributed by atoms with Gasteiger partial charge in [0.15, 0.2) is 11.5 Å². The zero-order chi connectivity index (χ0) is 20.2. The summed E-state index contributed by atoms with van der Waals surface area (Å²) in [5, 5.41) is 9.69. The van der Waals surface area contributed by atoms with Crippen LogP contribution in [0.15, 0.2) is 18.2 Å². The maximum Gasteiger partial charge on any atom is 0.302 e. The minimum absolute atomic E-state index is 0.0867. The zero-order valence-electron chi connectivity index (χ0n) is 16.8. The van der Waals surface area contributed by atoms with Gasteiger partial charge in [-0.3, -0.25) is 9.59 Å². The van der Waals surface area contributed by atoms with Crippen LogP contribution in [0, 0.1) is 0 Å². The van der Waals surface area contributed by atoms with Crippen molar-refractivity contribution in [2.45, 2.75) is 77.9 Å². The van der Waals surface area contributed by atoms with E-state index in [1.807, 2.05) is 6.07 Å². The first-order valence-corrected chi connectivity index (χ1v) is 9.56. The summed E-state index contributed by atoms with van der Waals surface area (Å²) in [6.07, 6.45) is 5.02. The van der Waals surface area contributed by atoms with Crippen LogP contribution in [-0.4, -0.2) is 36.4 Å². The fraction of sp³-hybridized carbons (Fsp3) is 0.619. The number of aromatic hydroxyl groups is 1. The van der Waals surface area contributed by atoms with Crippen LogP contribution in [-0.2, 0) is 25.5 Å². The summed E-state index contributed by atoms with van der Waals surface area (Å²) in [6, 6.07) is 5.17. The molecular weight excluding hydrogens is 348 g/mol. The van der Waals surface area contributed by atoms with Gasteiger partial charge in [-0.25, -0.2) is 0 Å². The summed E-state index contributed by atoms with van der Waals surface area (Å²) in [4.78, 5) is 22.9. The highest BCUT2D eigenvalue weighted by molar-refractivity contribution is 5.66. The van der Waals surface area contributed by atoms with Gasteiger partial charge in [0, 0.05) is 20.3 Å². The van der Waals surface area contributed by atoms with Gasteiger partial charge in [0.2, 0.25) is 0 Å². The summed E-state index contributed by atoms with van der Waals surface area (Å²) in [5.41, 5.74) is 0.969. The van der Waals surface area contributed by atoms with Gasteiger partial charge in [-0.1, -0.05) is 25.8 Å². The van der Waals surface area contributed by atoms with E-state index in [0.29, 0.717) is 25.0 Å². The largest absolute Gasteiger partial charge is 0.504 e. The highest BCUT2D eigenvalue weighted by Gasteiger charge is 2.21. The number of unbranched alkanes of at least 4 members (excludes halogenated alkanes) is 2. The monoisotopic (exact) mass is 380 g/mol. The number of rotatable bonds is 12. The van der Waals surface area contributed by atoms with Crippen LogP contribution in [0.2, 0.25) is 0 Å². The number of aryl methyl sites for hydroxylation is 1. The van der Waals surface area contributed by atoms with Gasteiger partial charge in [0.1, 0.15) is 12.2 Å². The molecule has 0 aliphatic rings. The number of benzene rings is 1. The summed E-state index contributed by atoms with van der Waals surface area (Å²) < 4.78 is 16.0. The van der Waals surface area contributed by atoms with E-state index < -0.39 is 0 Å². The van der Waals surface area contributed by atoms with Crippen molar-refractivity contribution in [3.63, 3.8) is 0 Å². The molecule has 1 aromatic carbocycles. The van der Waals surface area contributed by atoms with Gasteiger partial charge in [-0.15, -0.1) is 0 Å². The van der Waals surface area contributed by atoms with E-state index in [9.17, 15) is 14.7 Å². The molecule has 0 amide bonds. The van der Waals surface area contributed by atoms with Crippen molar-refractivity contribution < 1.29 is 28.9 Å². The summed E-state index contributed by atoms with van der Waals surface area (Å²) >= 11 is 0. The molecule has 1 rings (SSSR count). The standard InChI is InChI=1S/C21H32O6/c1-5-6-7-8-18(26-15(2)22)14-19(27-16(3)23)11-9-17-10-12-20(24)21(13-17)25-4/h10,12-13,18-19,24H,5-9,11,14H2,1-4H3/t18-,19+/m1/s1. The van der Waals surface area contributed by atoms with E-state index in [1.165, 1.54) is 21.0 Å². The van der Waals surface area contributed by atoms with Crippen LogP contribution < -0.4 is 4.74 Å². The van der Waals surface area contributed by atoms with Gasteiger partial charge >= 0.3 is 11.9 Å². The molecule has 2 atom stereocenters. The summed E-state index contributed by atoms with van der Waals surface area (Å²) in [6.45, 7) is 4.90. The smallest absolute Gasteiger partial charge is 0.302 e. The molecule has 1 N–H and O–H groups in total. The molecule has 0 radical (unpaired) electrons. The zero-order valence-corrected chi connectivity index (χ0v) is 16.8. The number of carbonyl (C=O) groups excluding carboxylic acids is 2. The molecule has 0 spiro atoms. The predicted octanol–water partition coefficient (Wildman–Crippen LogP) is 4.17. The van der Waals surface area contributed by atoms with Crippen LogP contribution in [0.4, 0.5) is 0 Å². The van der Waals surface area contributed by atoms with Crippen molar-refractivity contribution in [3.05, 3.63) is 23.8 Å². The lowest BCUT2D eigenvalue weighted by Gasteiger charge is -2.23. The second kappa shape index (κ2) is 12.2. The Morgan fingerprint density at radius 1 is 1.04 bits per heavy atom. The second-order valence-corrected chi connectivity index (χ2v) is 6.74. The predicted molar refractivity (Wildman–Crippen MR) is 103 cm³/mol. The fourth-order valence-corrected chi connectivity index (χ4v) is 3.04. The van der Waals surface area contributed by atoms with Gasteiger partial charge < -0.3 is 19.3 Å². The molecule has 0 saturated carbocycles. The van der Waals surface area contributed by atoms with Gasteiger partial charge in [-0.2, -0.15) is 0 Å². The van der Waals surface area contributed by atoms with Crippen LogP contribution in [0.1, 0.15) is 64.9 Å². The van der Waals surface area contributed by atoms with Crippen molar-refractivity contribution in [1.82, 2.24) is 0 Å². The fourth-order valence-electron chi connectivity index (χ4n) is 3.04. The first-order chi connectivity index (χ1) is 12.8. The van der Waals surface area contributed by atoms with Crippen LogP contribution in [0.25, 0.3) is 0 Å². The van der Waals surface area contributed by atoms with Crippen molar-refractivity contribution in [2.24, 2.45) is 0 Å².